The van der Waals surface area contributed by atoms with Crippen molar-refractivity contribution in [2.24, 2.45) is 11.8 Å². The van der Waals surface area contributed by atoms with Crippen molar-refractivity contribution in [1.82, 2.24) is 15.2 Å². The summed E-state index contributed by atoms with van der Waals surface area (Å²) in [7, 11) is 0. The summed E-state index contributed by atoms with van der Waals surface area (Å²) in [5, 5.41) is 14.4. The number of ketones is 1. The second-order valence-electron chi connectivity index (χ2n) is 10.8. The van der Waals surface area contributed by atoms with Crippen LogP contribution in [0.3, 0.4) is 0 Å². The lowest BCUT2D eigenvalue weighted by atomic mass is 9.71. The molecule has 198 valence electrons. The van der Waals surface area contributed by atoms with Crippen molar-refractivity contribution in [2.45, 2.75) is 68.8 Å². The zero-order valence-corrected chi connectivity index (χ0v) is 20.6. The lowest BCUT2D eigenvalue weighted by Crippen LogP contribution is -2.50. The predicted molar refractivity (Wildman–Crippen MR) is 130 cm³/mol. The van der Waals surface area contributed by atoms with Gasteiger partial charge in [0.25, 0.3) is 0 Å². The van der Waals surface area contributed by atoms with Crippen LogP contribution in [0.5, 0.6) is 0 Å². The maximum absolute atomic E-state index is 12.9. The minimum Gasteiger partial charge on any atom is -0.385 e. The molecular weight excluding hydrogens is 483 g/mol. The van der Waals surface area contributed by atoms with Gasteiger partial charge in [-0.2, -0.15) is 13.2 Å². The fourth-order valence-corrected chi connectivity index (χ4v) is 6.74. The number of alkyl halides is 3. The highest BCUT2D eigenvalue weighted by Crippen LogP contribution is 2.52. The maximum atomic E-state index is 12.9. The minimum atomic E-state index is -4.52. The standard InChI is InChI=1S/C28H32F3N3O3/c29-28(30,31)21-4-1-3-18(13-21)24(35)8-9-25(36)33-23-10-12-34(17-23)26-19-6-7-20(26)15-27(37,14-19)22-5-2-11-32-16-22/h1-5,11,13,16,19-20,23,26,37H,6-10,12,14-15,17H2,(H,33,36)/t19?,20?,23-,26?,27?/m1/s1. The number of pyridine rings is 1. The van der Waals surface area contributed by atoms with Crippen molar-refractivity contribution >= 4 is 11.7 Å². The quantitative estimate of drug-likeness (QED) is 0.537. The van der Waals surface area contributed by atoms with Gasteiger partial charge in [-0.1, -0.05) is 18.2 Å². The third kappa shape index (κ3) is 5.57. The van der Waals surface area contributed by atoms with E-state index in [-0.39, 0.29) is 30.4 Å². The van der Waals surface area contributed by atoms with Crippen LogP contribution in [-0.4, -0.2) is 51.9 Å². The van der Waals surface area contributed by atoms with Crippen LogP contribution in [0.4, 0.5) is 13.2 Å². The first-order chi connectivity index (χ1) is 17.6. The molecule has 1 aromatic carbocycles. The number of amides is 1. The second kappa shape index (κ2) is 10.2. The smallest absolute Gasteiger partial charge is 0.385 e. The minimum absolute atomic E-state index is 0.0188. The number of aliphatic hydroxyl groups is 1. The summed E-state index contributed by atoms with van der Waals surface area (Å²) in [6.45, 7) is 1.60. The number of hydrogen-bond donors (Lipinski definition) is 2. The molecule has 5 rings (SSSR count). The zero-order valence-electron chi connectivity index (χ0n) is 20.6. The van der Waals surface area contributed by atoms with Gasteiger partial charge >= 0.3 is 6.18 Å². The van der Waals surface area contributed by atoms with E-state index in [1.165, 1.54) is 12.1 Å². The predicted octanol–water partition coefficient (Wildman–Crippen LogP) is 4.33. The fraction of sp³-hybridized carbons (Fsp3) is 0.536. The molecule has 2 saturated carbocycles. The topological polar surface area (TPSA) is 82.5 Å². The van der Waals surface area contributed by atoms with Crippen molar-refractivity contribution in [1.29, 1.82) is 0 Å². The number of rotatable bonds is 7. The van der Waals surface area contributed by atoms with Crippen molar-refractivity contribution in [3.8, 4) is 0 Å². The van der Waals surface area contributed by atoms with Gasteiger partial charge in [-0.15, -0.1) is 0 Å². The van der Waals surface area contributed by atoms with Crippen LogP contribution in [0, 0.1) is 11.8 Å². The van der Waals surface area contributed by atoms with E-state index in [2.05, 4.69) is 15.2 Å². The number of nitrogens with zero attached hydrogens (tertiary/aromatic N) is 2. The number of benzene rings is 1. The monoisotopic (exact) mass is 515 g/mol. The van der Waals surface area contributed by atoms with E-state index in [4.69, 9.17) is 0 Å². The molecule has 3 fully saturated rings. The van der Waals surface area contributed by atoms with E-state index in [1.54, 1.807) is 12.4 Å². The van der Waals surface area contributed by atoms with Gasteiger partial charge in [0.15, 0.2) is 5.78 Å². The first kappa shape index (κ1) is 25.9. The second-order valence-corrected chi connectivity index (χ2v) is 10.8. The Bertz CT molecular complexity index is 1130. The molecular formula is C28H32F3N3O3. The molecule has 1 aromatic heterocycles. The van der Waals surface area contributed by atoms with Crippen LogP contribution < -0.4 is 5.32 Å². The molecule has 6 nitrogen and oxygen atoms in total. The highest BCUT2D eigenvalue weighted by atomic mass is 19.4. The van der Waals surface area contributed by atoms with Gasteiger partial charge in [0.2, 0.25) is 5.91 Å². The lowest BCUT2D eigenvalue weighted by molar-refractivity contribution is -0.137. The molecule has 2 bridgehead atoms. The van der Waals surface area contributed by atoms with Gasteiger partial charge in [0, 0.05) is 61.5 Å². The van der Waals surface area contributed by atoms with Crippen molar-refractivity contribution in [3.63, 3.8) is 0 Å². The van der Waals surface area contributed by atoms with Crippen molar-refractivity contribution in [2.75, 3.05) is 13.1 Å². The number of hydrogen-bond acceptors (Lipinski definition) is 5. The van der Waals surface area contributed by atoms with Crippen LogP contribution in [0.2, 0.25) is 0 Å². The van der Waals surface area contributed by atoms with Crippen LogP contribution in [0.15, 0.2) is 48.8 Å². The number of carbonyl (C=O) groups excluding carboxylic acids is 2. The summed E-state index contributed by atoms with van der Waals surface area (Å²) in [4.78, 5) is 31.5. The Labute approximate surface area is 214 Å². The number of aromatic nitrogens is 1. The summed E-state index contributed by atoms with van der Waals surface area (Å²) < 4.78 is 38.7. The summed E-state index contributed by atoms with van der Waals surface area (Å²) in [6.07, 6.45) is 3.18. The molecule has 3 aliphatic rings. The average molecular weight is 516 g/mol. The van der Waals surface area contributed by atoms with Crippen LogP contribution in [-0.2, 0) is 16.6 Å². The van der Waals surface area contributed by atoms with Gasteiger partial charge in [-0.3, -0.25) is 19.5 Å². The third-order valence-electron chi connectivity index (χ3n) is 8.37. The van der Waals surface area contributed by atoms with Gasteiger partial charge in [0.05, 0.1) is 11.2 Å². The van der Waals surface area contributed by atoms with Gasteiger partial charge in [-0.25, -0.2) is 0 Å². The number of carbonyl (C=O) groups is 2. The molecule has 2 aliphatic carbocycles. The molecule has 1 saturated heterocycles. The van der Waals surface area contributed by atoms with E-state index in [0.29, 0.717) is 30.7 Å². The number of fused-ring (bicyclic) bond motifs is 2. The van der Waals surface area contributed by atoms with E-state index < -0.39 is 23.1 Å². The third-order valence-corrected chi connectivity index (χ3v) is 8.37. The lowest BCUT2D eigenvalue weighted by Gasteiger charge is -2.45. The largest absolute Gasteiger partial charge is 0.416 e. The van der Waals surface area contributed by atoms with Crippen LogP contribution in [0.1, 0.15) is 66.4 Å². The average Bonchev–Trinajstić information content (AvgIpc) is 3.44. The Kier molecular flexibility index (Phi) is 7.11. The van der Waals surface area contributed by atoms with Gasteiger partial charge in [0.1, 0.15) is 0 Å². The van der Waals surface area contributed by atoms with E-state index in [0.717, 1.165) is 50.0 Å². The first-order valence-electron chi connectivity index (χ1n) is 13.0. The van der Waals surface area contributed by atoms with Crippen LogP contribution >= 0.6 is 0 Å². The number of likely N-dealkylation sites (tertiary alicyclic amines) is 1. The molecule has 2 unspecified atom stereocenters. The molecule has 1 amide bonds. The molecule has 2 heterocycles. The highest BCUT2D eigenvalue weighted by molar-refractivity contribution is 5.98. The zero-order chi connectivity index (χ0) is 26.2. The van der Waals surface area contributed by atoms with Gasteiger partial charge < -0.3 is 10.4 Å². The summed E-state index contributed by atoms with van der Waals surface area (Å²) in [6, 6.07) is 8.50. The fourth-order valence-electron chi connectivity index (χ4n) is 6.74. The Morgan fingerprint density at radius 3 is 2.51 bits per heavy atom. The molecule has 3 atom stereocenters. The van der Waals surface area contributed by atoms with Crippen molar-refractivity contribution < 1.29 is 27.9 Å². The molecule has 2 aromatic rings. The number of halogens is 3. The SMILES string of the molecule is O=C(CCC(=O)c1cccc(C(F)(F)F)c1)N[C@@H]1CCN(C2C3CCC2CC(O)(c2cccnc2)C3)C1. The Balaban J connectivity index is 1.12. The Hall–Kier alpha value is -2.78. The molecule has 0 radical (unpaired) electrons. The van der Waals surface area contributed by atoms with E-state index >= 15 is 0 Å². The summed E-state index contributed by atoms with van der Waals surface area (Å²) in [5.74, 6) is 0.0471. The maximum Gasteiger partial charge on any atom is 0.416 e. The first-order valence-corrected chi connectivity index (χ1v) is 13.0. The Morgan fingerprint density at radius 1 is 1.08 bits per heavy atom. The Morgan fingerprint density at radius 2 is 1.84 bits per heavy atom. The number of nitrogens with one attached hydrogen (secondary N) is 1. The molecule has 0 spiro atoms. The molecule has 2 N–H and O–H groups in total. The van der Waals surface area contributed by atoms with Crippen molar-refractivity contribution in [3.05, 3.63) is 65.5 Å². The van der Waals surface area contributed by atoms with E-state index in [9.17, 15) is 27.9 Å². The molecule has 1 aliphatic heterocycles. The van der Waals surface area contributed by atoms with E-state index in [1.807, 2.05) is 12.1 Å². The number of Topliss-reactive ketones (excluding diaryl/α,β-unsaturated/α-hetero) is 1. The van der Waals surface area contributed by atoms with Crippen LogP contribution in [0.25, 0.3) is 0 Å². The summed E-state index contributed by atoms with van der Waals surface area (Å²) in [5.41, 5.74) is -0.856. The highest BCUT2D eigenvalue weighted by Gasteiger charge is 2.52. The summed E-state index contributed by atoms with van der Waals surface area (Å²) >= 11 is 0. The molecule has 37 heavy (non-hydrogen) atoms. The normalized spacial score (nSPS) is 29.8. The van der Waals surface area contributed by atoms with Gasteiger partial charge in [-0.05, 0) is 62.1 Å². The molecule has 9 heteroatoms.